The van der Waals surface area contributed by atoms with Gasteiger partial charge in [-0.3, -0.25) is 9.69 Å². The van der Waals surface area contributed by atoms with Crippen molar-refractivity contribution in [3.05, 3.63) is 114 Å². The van der Waals surface area contributed by atoms with Crippen LogP contribution in [0.25, 0.3) is 0 Å². The number of aryl methyl sites for hydroxylation is 1. The molecule has 0 spiro atoms. The SMILES string of the molecule is COc1ccc(C(N)=O)cc1OCCCN(Cc1nccn1C)CC(c1ccccc1)c1ccccc1. The first-order chi connectivity index (χ1) is 18.0. The lowest BCUT2D eigenvalue weighted by Gasteiger charge is -2.28. The molecular weight excluding hydrogens is 464 g/mol. The smallest absolute Gasteiger partial charge is 0.248 e. The number of imidazole rings is 1. The number of nitrogens with two attached hydrogens (primary N) is 1. The van der Waals surface area contributed by atoms with Crippen LogP contribution >= 0.6 is 0 Å². The molecule has 7 heteroatoms. The van der Waals surface area contributed by atoms with Crippen molar-refractivity contribution in [1.29, 1.82) is 0 Å². The molecule has 3 aromatic carbocycles. The first kappa shape index (κ1) is 26.0. The summed E-state index contributed by atoms with van der Waals surface area (Å²) in [6, 6.07) is 26.2. The summed E-state index contributed by atoms with van der Waals surface area (Å²) in [7, 11) is 3.60. The second kappa shape index (κ2) is 12.7. The molecule has 0 radical (unpaired) electrons. The van der Waals surface area contributed by atoms with Gasteiger partial charge in [-0.15, -0.1) is 0 Å². The second-order valence-corrected chi connectivity index (χ2v) is 9.00. The zero-order valence-corrected chi connectivity index (χ0v) is 21.4. The summed E-state index contributed by atoms with van der Waals surface area (Å²) in [5.41, 5.74) is 8.39. The quantitative estimate of drug-likeness (QED) is 0.272. The van der Waals surface area contributed by atoms with Crippen LogP contribution in [-0.4, -0.2) is 47.2 Å². The fourth-order valence-electron chi connectivity index (χ4n) is 4.43. The summed E-state index contributed by atoms with van der Waals surface area (Å²) >= 11 is 0. The minimum Gasteiger partial charge on any atom is -0.493 e. The third-order valence-corrected chi connectivity index (χ3v) is 6.46. The van der Waals surface area contributed by atoms with E-state index in [1.807, 2.05) is 19.4 Å². The number of aromatic nitrogens is 2. The van der Waals surface area contributed by atoms with Crippen LogP contribution in [0.2, 0.25) is 0 Å². The van der Waals surface area contributed by atoms with Gasteiger partial charge in [-0.1, -0.05) is 60.7 Å². The van der Waals surface area contributed by atoms with E-state index in [2.05, 4.69) is 75.1 Å². The summed E-state index contributed by atoms with van der Waals surface area (Å²) in [6.07, 6.45) is 4.59. The van der Waals surface area contributed by atoms with Crippen LogP contribution in [0.4, 0.5) is 0 Å². The maximum Gasteiger partial charge on any atom is 0.248 e. The van der Waals surface area contributed by atoms with Crippen molar-refractivity contribution < 1.29 is 14.3 Å². The fraction of sp³-hybridized carbons (Fsp3) is 0.267. The lowest BCUT2D eigenvalue weighted by molar-refractivity contribution is 0.0999. The molecule has 2 N–H and O–H groups in total. The first-order valence-corrected chi connectivity index (χ1v) is 12.4. The molecule has 0 aliphatic heterocycles. The molecule has 0 aliphatic carbocycles. The molecule has 0 atom stereocenters. The second-order valence-electron chi connectivity index (χ2n) is 9.00. The van der Waals surface area contributed by atoms with Gasteiger partial charge in [-0.2, -0.15) is 0 Å². The highest BCUT2D eigenvalue weighted by Gasteiger charge is 2.20. The molecule has 0 aliphatic rings. The molecule has 1 heterocycles. The van der Waals surface area contributed by atoms with Crippen molar-refractivity contribution >= 4 is 5.91 Å². The van der Waals surface area contributed by atoms with Gasteiger partial charge in [0.2, 0.25) is 5.91 Å². The Labute approximate surface area is 218 Å². The van der Waals surface area contributed by atoms with Crippen LogP contribution in [0.5, 0.6) is 11.5 Å². The standard InChI is InChI=1S/C30H34N4O3/c1-33-18-16-32-29(33)22-34(17-9-19-37-28-20-25(30(31)35)14-15-27(28)36-2)21-26(23-10-5-3-6-11-23)24-12-7-4-8-13-24/h3-8,10-16,18,20,26H,9,17,19,21-22H2,1-2H3,(H2,31,35). The van der Waals surface area contributed by atoms with Crippen molar-refractivity contribution in [3.8, 4) is 11.5 Å². The summed E-state index contributed by atoms with van der Waals surface area (Å²) < 4.78 is 13.5. The Hall–Kier alpha value is -4.10. The van der Waals surface area contributed by atoms with Gasteiger partial charge in [-0.05, 0) is 35.7 Å². The molecule has 192 valence electrons. The van der Waals surface area contributed by atoms with E-state index < -0.39 is 5.91 Å². The number of carbonyl (C=O) groups is 1. The lowest BCUT2D eigenvalue weighted by Crippen LogP contribution is -2.31. The van der Waals surface area contributed by atoms with Crippen molar-refractivity contribution in [2.45, 2.75) is 18.9 Å². The van der Waals surface area contributed by atoms with Crippen LogP contribution in [0.3, 0.4) is 0 Å². The van der Waals surface area contributed by atoms with Gasteiger partial charge in [0, 0.05) is 44.0 Å². The van der Waals surface area contributed by atoms with Gasteiger partial charge in [0.15, 0.2) is 11.5 Å². The Morgan fingerprint density at radius 1 is 1.00 bits per heavy atom. The predicted octanol–water partition coefficient (Wildman–Crippen LogP) is 4.63. The van der Waals surface area contributed by atoms with Gasteiger partial charge < -0.3 is 19.8 Å². The predicted molar refractivity (Wildman–Crippen MR) is 145 cm³/mol. The third-order valence-electron chi connectivity index (χ3n) is 6.46. The molecule has 1 aromatic heterocycles. The van der Waals surface area contributed by atoms with E-state index in [1.165, 1.54) is 11.1 Å². The molecule has 0 fully saturated rings. The van der Waals surface area contributed by atoms with Crippen LogP contribution in [-0.2, 0) is 13.6 Å². The highest BCUT2D eigenvalue weighted by Crippen LogP contribution is 2.29. The number of primary amides is 1. The Morgan fingerprint density at radius 3 is 2.24 bits per heavy atom. The Bertz CT molecular complexity index is 1240. The van der Waals surface area contributed by atoms with Gasteiger partial charge in [0.05, 0.1) is 20.3 Å². The molecular formula is C30H34N4O3. The number of methoxy groups -OCH3 is 1. The number of rotatable bonds is 13. The molecule has 37 heavy (non-hydrogen) atoms. The van der Waals surface area contributed by atoms with Gasteiger partial charge in [0.25, 0.3) is 0 Å². The van der Waals surface area contributed by atoms with E-state index in [0.717, 1.165) is 31.9 Å². The first-order valence-electron chi connectivity index (χ1n) is 12.4. The normalized spacial score (nSPS) is 11.1. The summed E-state index contributed by atoms with van der Waals surface area (Å²) in [4.78, 5) is 18.6. The van der Waals surface area contributed by atoms with Gasteiger partial charge in [-0.25, -0.2) is 4.98 Å². The summed E-state index contributed by atoms with van der Waals surface area (Å²) in [5.74, 6) is 1.82. The largest absolute Gasteiger partial charge is 0.493 e. The molecule has 0 saturated heterocycles. The Morgan fingerprint density at radius 2 is 1.68 bits per heavy atom. The number of hydrogen-bond donors (Lipinski definition) is 1. The number of benzene rings is 3. The average Bonchev–Trinajstić information content (AvgIpc) is 3.34. The molecule has 0 bridgehead atoms. The molecule has 7 nitrogen and oxygen atoms in total. The average molecular weight is 499 g/mol. The molecule has 4 rings (SSSR count). The summed E-state index contributed by atoms with van der Waals surface area (Å²) in [5, 5.41) is 0. The molecule has 0 unspecified atom stereocenters. The topological polar surface area (TPSA) is 82.6 Å². The van der Waals surface area contributed by atoms with E-state index in [-0.39, 0.29) is 5.92 Å². The minimum atomic E-state index is -0.499. The highest BCUT2D eigenvalue weighted by atomic mass is 16.5. The van der Waals surface area contributed by atoms with E-state index in [1.54, 1.807) is 25.3 Å². The number of amides is 1. The molecule has 1 amide bonds. The van der Waals surface area contributed by atoms with Crippen molar-refractivity contribution in [3.63, 3.8) is 0 Å². The molecule has 0 saturated carbocycles. The van der Waals surface area contributed by atoms with E-state index in [0.29, 0.717) is 23.7 Å². The van der Waals surface area contributed by atoms with Crippen LogP contribution < -0.4 is 15.2 Å². The monoisotopic (exact) mass is 498 g/mol. The van der Waals surface area contributed by atoms with Crippen molar-refractivity contribution in [2.24, 2.45) is 12.8 Å². The number of ether oxygens (including phenoxy) is 2. The van der Waals surface area contributed by atoms with Gasteiger partial charge in [0.1, 0.15) is 5.82 Å². The Kier molecular flexibility index (Phi) is 8.94. The zero-order valence-electron chi connectivity index (χ0n) is 21.4. The van der Waals surface area contributed by atoms with E-state index in [4.69, 9.17) is 15.2 Å². The highest BCUT2D eigenvalue weighted by molar-refractivity contribution is 5.93. The number of nitrogens with zero attached hydrogens (tertiary/aromatic N) is 3. The Balaban J connectivity index is 1.49. The van der Waals surface area contributed by atoms with Crippen LogP contribution in [0.1, 0.15) is 39.6 Å². The third kappa shape index (κ3) is 6.98. The minimum absolute atomic E-state index is 0.218. The number of hydrogen-bond acceptors (Lipinski definition) is 5. The van der Waals surface area contributed by atoms with Crippen molar-refractivity contribution in [2.75, 3.05) is 26.8 Å². The number of carbonyl (C=O) groups excluding carboxylic acids is 1. The fourth-order valence-corrected chi connectivity index (χ4v) is 4.43. The van der Waals surface area contributed by atoms with Crippen LogP contribution in [0, 0.1) is 0 Å². The van der Waals surface area contributed by atoms with Gasteiger partial charge >= 0.3 is 0 Å². The maximum atomic E-state index is 11.6. The summed E-state index contributed by atoms with van der Waals surface area (Å²) in [6.45, 7) is 2.83. The van der Waals surface area contributed by atoms with E-state index >= 15 is 0 Å². The van der Waals surface area contributed by atoms with E-state index in [9.17, 15) is 4.79 Å². The van der Waals surface area contributed by atoms with Crippen LogP contribution in [0.15, 0.2) is 91.3 Å². The molecule has 4 aromatic rings. The lowest BCUT2D eigenvalue weighted by atomic mass is 9.90. The van der Waals surface area contributed by atoms with Crippen molar-refractivity contribution in [1.82, 2.24) is 14.5 Å². The zero-order chi connectivity index (χ0) is 26.0. The maximum absolute atomic E-state index is 11.6.